The molecular weight excluding hydrogens is 396 g/mol. The van der Waals surface area contributed by atoms with Gasteiger partial charge in [-0.25, -0.2) is 9.50 Å². The summed E-state index contributed by atoms with van der Waals surface area (Å²) in [4.78, 5) is 8.76. The highest BCUT2D eigenvalue weighted by Crippen LogP contribution is 2.21. The number of hydrogen-bond donors (Lipinski definition) is 3. The first-order valence-corrected chi connectivity index (χ1v) is 9.80. The van der Waals surface area contributed by atoms with Crippen molar-refractivity contribution in [1.82, 2.24) is 29.8 Å². The molecule has 10 nitrogen and oxygen atoms in total. The van der Waals surface area contributed by atoms with Crippen molar-refractivity contribution in [3.63, 3.8) is 0 Å². The zero-order chi connectivity index (χ0) is 17.9. The Balaban J connectivity index is 0.000000368. The molecule has 0 bridgehead atoms. The number of fused-ring (bicyclic) bond motifs is 1. The van der Waals surface area contributed by atoms with E-state index >= 15 is 0 Å². The third-order valence-electron chi connectivity index (χ3n) is 2.41. The van der Waals surface area contributed by atoms with E-state index in [1.165, 1.54) is 23.1 Å². The summed E-state index contributed by atoms with van der Waals surface area (Å²) < 4.78 is 34.0. The summed E-state index contributed by atoms with van der Waals surface area (Å²) in [6.45, 7) is 3.94. The topological polar surface area (TPSA) is 146 Å². The van der Waals surface area contributed by atoms with Gasteiger partial charge in [0.05, 0.1) is 5.75 Å². The van der Waals surface area contributed by atoms with Gasteiger partial charge in [-0.2, -0.15) is 18.5 Å². The smallest absolute Gasteiger partial charge is 0.264 e. The average Bonchev–Trinajstić information content (AvgIpc) is 3.00. The Kier molecular flexibility index (Phi) is 6.00. The minimum absolute atomic E-state index is 0.634. The molecule has 0 amide bonds. The molecule has 0 atom stereocenters. The fraction of sp³-hybridized carbons (Fsp3) is 0.300. The second kappa shape index (κ2) is 7.62. The van der Waals surface area contributed by atoms with Crippen LogP contribution in [0, 0.1) is 17.8 Å². The van der Waals surface area contributed by atoms with E-state index in [2.05, 4.69) is 25.3 Å². The molecule has 24 heavy (non-hydrogen) atoms. The first-order chi connectivity index (χ1) is 11.1. The molecule has 0 aliphatic carbocycles. The Labute approximate surface area is 149 Å². The predicted octanol–water partition coefficient (Wildman–Crippen LogP) is 1.89. The molecule has 0 aliphatic heterocycles. The van der Waals surface area contributed by atoms with E-state index in [-0.39, 0.29) is 0 Å². The molecular formula is C10H12N6O4S4. The van der Waals surface area contributed by atoms with E-state index in [0.717, 1.165) is 16.4 Å². The van der Waals surface area contributed by atoms with Crippen LogP contribution in [0.5, 0.6) is 0 Å². The van der Waals surface area contributed by atoms with Gasteiger partial charge in [-0.3, -0.25) is 14.2 Å². The Morgan fingerprint density at radius 3 is 2.62 bits per heavy atom. The van der Waals surface area contributed by atoms with Gasteiger partial charge >= 0.3 is 10.4 Å². The van der Waals surface area contributed by atoms with E-state index in [9.17, 15) is 0 Å². The molecule has 3 N–H and O–H groups in total. The van der Waals surface area contributed by atoms with Crippen LogP contribution < -0.4 is 0 Å². The second-order valence-corrected chi connectivity index (χ2v) is 7.98. The van der Waals surface area contributed by atoms with Gasteiger partial charge in [0.1, 0.15) is 5.01 Å². The summed E-state index contributed by atoms with van der Waals surface area (Å²) in [6, 6.07) is 1.98. The summed E-state index contributed by atoms with van der Waals surface area (Å²) >= 11 is 7.99. The molecule has 3 rings (SSSR count). The van der Waals surface area contributed by atoms with Gasteiger partial charge in [0, 0.05) is 11.4 Å². The van der Waals surface area contributed by atoms with Crippen LogP contribution in [0.25, 0.3) is 5.78 Å². The average molecular weight is 409 g/mol. The quantitative estimate of drug-likeness (QED) is 0.333. The number of aryl methyl sites for hydroxylation is 2. The monoisotopic (exact) mass is 408 g/mol. The molecule has 0 fully saturated rings. The van der Waals surface area contributed by atoms with Crippen molar-refractivity contribution in [2.75, 3.05) is 0 Å². The lowest BCUT2D eigenvalue weighted by Crippen LogP contribution is -1.97. The van der Waals surface area contributed by atoms with E-state index in [0.29, 0.717) is 20.6 Å². The lowest BCUT2D eigenvalue weighted by Gasteiger charge is -1.97. The van der Waals surface area contributed by atoms with Crippen molar-refractivity contribution in [2.24, 2.45) is 0 Å². The Morgan fingerprint density at radius 1 is 1.38 bits per heavy atom. The van der Waals surface area contributed by atoms with Gasteiger partial charge in [0.2, 0.25) is 5.16 Å². The highest BCUT2D eigenvalue weighted by atomic mass is 32.3. The Bertz CT molecular complexity index is 1000. The van der Waals surface area contributed by atoms with Crippen LogP contribution >= 0.6 is 35.3 Å². The third kappa shape index (κ3) is 5.88. The predicted molar refractivity (Wildman–Crippen MR) is 91.3 cm³/mol. The maximum atomic E-state index is 8.74. The minimum atomic E-state index is -4.67. The van der Waals surface area contributed by atoms with E-state index < -0.39 is 10.4 Å². The van der Waals surface area contributed by atoms with Crippen molar-refractivity contribution in [3.8, 4) is 0 Å². The van der Waals surface area contributed by atoms with E-state index in [4.69, 9.17) is 29.7 Å². The van der Waals surface area contributed by atoms with Crippen molar-refractivity contribution >= 4 is 51.5 Å². The first-order valence-electron chi connectivity index (χ1n) is 6.20. The number of aromatic amines is 1. The van der Waals surface area contributed by atoms with Crippen molar-refractivity contribution in [3.05, 3.63) is 26.4 Å². The summed E-state index contributed by atoms with van der Waals surface area (Å²) in [5.74, 6) is 1.34. The van der Waals surface area contributed by atoms with Gasteiger partial charge in [-0.15, -0.1) is 5.10 Å². The molecule has 0 aromatic carbocycles. The van der Waals surface area contributed by atoms with Crippen molar-refractivity contribution in [2.45, 2.75) is 24.8 Å². The normalized spacial score (nSPS) is 11.3. The zero-order valence-corrected chi connectivity index (χ0v) is 15.6. The van der Waals surface area contributed by atoms with Gasteiger partial charge in [0.25, 0.3) is 5.78 Å². The number of aromatic nitrogens is 6. The third-order valence-corrected chi connectivity index (χ3v) is 4.53. The van der Waals surface area contributed by atoms with Gasteiger partial charge < -0.3 is 0 Å². The molecule has 0 saturated carbocycles. The minimum Gasteiger partial charge on any atom is -0.264 e. The fourth-order valence-electron chi connectivity index (χ4n) is 1.66. The Hall–Kier alpha value is -1.45. The summed E-state index contributed by atoms with van der Waals surface area (Å²) in [5, 5.41) is 12.9. The largest absolute Gasteiger partial charge is 0.394 e. The molecule has 14 heteroatoms. The number of H-pyrrole nitrogens is 1. The van der Waals surface area contributed by atoms with Crippen LogP contribution in [0.15, 0.2) is 11.2 Å². The molecule has 0 saturated heterocycles. The number of rotatable bonds is 3. The molecule has 3 aromatic rings. The first kappa shape index (κ1) is 18.9. The van der Waals surface area contributed by atoms with Gasteiger partial charge in [-0.05, 0) is 32.1 Å². The molecule has 0 aliphatic rings. The van der Waals surface area contributed by atoms with E-state index in [1.807, 2.05) is 19.9 Å². The highest BCUT2D eigenvalue weighted by Gasteiger charge is 2.09. The highest BCUT2D eigenvalue weighted by molar-refractivity contribution is 7.98. The number of nitrogens with one attached hydrogen (secondary N) is 1. The molecule has 0 radical (unpaired) electrons. The summed E-state index contributed by atoms with van der Waals surface area (Å²) in [5.41, 5.74) is 1.97. The zero-order valence-electron chi connectivity index (χ0n) is 12.4. The molecule has 0 unspecified atom stereocenters. The number of thioether (sulfide) groups is 1. The second-order valence-electron chi connectivity index (χ2n) is 4.39. The maximum absolute atomic E-state index is 8.74. The van der Waals surface area contributed by atoms with Crippen molar-refractivity contribution in [1.29, 1.82) is 0 Å². The molecule has 3 aromatic heterocycles. The van der Waals surface area contributed by atoms with Crippen LogP contribution in [0.2, 0.25) is 0 Å². The maximum Gasteiger partial charge on any atom is 0.394 e. The van der Waals surface area contributed by atoms with Crippen LogP contribution in [0.1, 0.15) is 16.4 Å². The SMILES string of the molecule is Cc1cc(C)n2nc(SCc3n[nH]c(=S)s3)nc2n1.O=S(=O)(O)O. The van der Waals surface area contributed by atoms with Crippen LogP contribution in [0.4, 0.5) is 0 Å². The van der Waals surface area contributed by atoms with E-state index in [1.54, 1.807) is 4.52 Å². The van der Waals surface area contributed by atoms with Crippen LogP contribution in [0.3, 0.4) is 0 Å². The van der Waals surface area contributed by atoms with Crippen LogP contribution in [-0.2, 0) is 16.2 Å². The Morgan fingerprint density at radius 2 is 2.04 bits per heavy atom. The van der Waals surface area contributed by atoms with Gasteiger partial charge in [0.15, 0.2) is 3.95 Å². The number of nitrogens with zero attached hydrogens (tertiary/aromatic N) is 5. The summed E-state index contributed by atoms with van der Waals surface area (Å²) in [7, 11) is -4.67. The van der Waals surface area contributed by atoms with Crippen molar-refractivity contribution < 1.29 is 17.5 Å². The molecule has 130 valence electrons. The fourth-order valence-corrected chi connectivity index (χ4v) is 3.40. The summed E-state index contributed by atoms with van der Waals surface area (Å²) in [6.07, 6.45) is 0. The lowest BCUT2D eigenvalue weighted by atomic mass is 10.4. The molecule has 0 spiro atoms. The van der Waals surface area contributed by atoms with Gasteiger partial charge in [-0.1, -0.05) is 23.1 Å². The lowest BCUT2D eigenvalue weighted by molar-refractivity contribution is 0.381. The number of hydrogen-bond acceptors (Lipinski definition) is 9. The van der Waals surface area contributed by atoms with Crippen LogP contribution in [-0.4, -0.2) is 47.3 Å². The molecule has 3 heterocycles. The standard InChI is InChI=1S/C10H10N6S3.H2O4S/c1-5-3-6(2)16-8(11-5)12-9(15-16)18-4-7-13-14-10(17)19-7;1-5(2,3)4/h3H,4H2,1-2H3,(H,14,17);(H2,1,2,3,4).